The van der Waals surface area contributed by atoms with Crippen LogP contribution in [0.5, 0.6) is 0 Å². The molecule has 1 N–H and O–H groups in total. The maximum Gasteiger partial charge on any atom is 0.243 e. The summed E-state index contributed by atoms with van der Waals surface area (Å²) in [4.78, 5) is 2.14. The maximum atomic E-state index is 12.9. The topological polar surface area (TPSA) is 60.9 Å². The van der Waals surface area contributed by atoms with Gasteiger partial charge in [-0.05, 0) is 45.1 Å². The molecule has 0 radical (unpaired) electrons. The molecule has 1 aromatic rings. The van der Waals surface area contributed by atoms with Crippen molar-refractivity contribution < 1.29 is 13.5 Å². The van der Waals surface area contributed by atoms with Crippen molar-refractivity contribution in [2.75, 3.05) is 27.2 Å². The molecule has 2 rings (SSSR count). The van der Waals surface area contributed by atoms with Gasteiger partial charge in [0, 0.05) is 24.2 Å². The van der Waals surface area contributed by atoms with Crippen LogP contribution in [0.25, 0.3) is 0 Å². The van der Waals surface area contributed by atoms with E-state index in [1.807, 2.05) is 19.0 Å². The Bertz CT molecular complexity index is 619. The van der Waals surface area contributed by atoms with Gasteiger partial charge >= 0.3 is 0 Å². The zero-order valence-corrected chi connectivity index (χ0v) is 14.0. The molecule has 0 amide bonds. The second-order valence-corrected chi connectivity index (χ2v) is 8.09. The summed E-state index contributed by atoms with van der Waals surface area (Å²) in [5, 5.41) is 10.3. The molecule has 0 saturated carbocycles. The Balaban J connectivity index is 2.39. The summed E-state index contributed by atoms with van der Waals surface area (Å²) >= 11 is 5.94. The van der Waals surface area contributed by atoms with Crippen molar-refractivity contribution in [3.05, 3.63) is 28.8 Å². The quantitative estimate of drug-likeness (QED) is 0.903. The van der Waals surface area contributed by atoms with Gasteiger partial charge in [0.2, 0.25) is 10.0 Å². The minimum Gasteiger partial charge on any atom is -0.392 e. The predicted molar refractivity (Wildman–Crippen MR) is 83.0 cm³/mol. The molecule has 2 atom stereocenters. The summed E-state index contributed by atoms with van der Waals surface area (Å²) < 4.78 is 27.2. The fraction of sp³-hybridized carbons (Fsp3) is 0.571. The molecule has 1 saturated heterocycles. The summed E-state index contributed by atoms with van der Waals surface area (Å²) in [5.41, 5.74) is 0.657. The molecule has 118 valence electrons. The summed E-state index contributed by atoms with van der Waals surface area (Å²) in [6.07, 6.45) is -0.166. The number of nitrogens with zero attached hydrogens (tertiary/aromatic N) is 2. The van der Waals surface area contributed by atoms with Gasteiger partial charge in [-0.3, -0.25) is 0 Å². The summed E-state index contributed by atoms with van der Waals surface area (Å²) in [5.74, 6) is 0. The minimum atomic E-state index is -3.66. The highest BCUT2D eigenvalue weighted by Crippen LogP contribution is 2.29. The number of hydrogen-bond acceptors (Lipinski definition) is 4. The third kappa shape index (κ3) is 3.57. The van der Waals surface area contributed by atoms with Gasteiger partial charge in [0.25, 0.3) is 0 Å². The van der Waals surface area contributed by atoms with E-state index in [-0.39, 0.29) is 17.5 Å². The summed E-state index contributed by atoms with van der Waals surface area (Å²) in [7, 11) is 0.121. The molecule has 1 heterocycles. The Morgan fingerprint density at radius 1 is 1.43 bits per heavy atom. The number of aliphatic hydroxyl groups is 1. The molecular weight excluding hydrogens is 312 g/mol. The van der Waals surface area contributed by atoms with E-state index in [2.05, 4.69) is 0 Å². The molecule has 21 heavy (non-hydrogen) atoms. The van der Waals surface area contributed by atoms with Crippen LogP contribution in [0.3, 0.4) is 0 Å². The second-order valence-electron chi connectivity index (χ2n) is 5.79. The van der Waals surface area contributed by atoms with Crippen LogP contribution in [0.15, 0.2) is 23.1 Å². The number of halogens is 1. The van der Waals surface area contributed by atoms with E-state index in [0.717, 1.165) is 0 Å². The third-order valence-electron chi connectivity index (χ3n) is 3.65. The Morgan fingerprint density at radius 2 is 2.10 bits per heavy atom. The van der Waals surface area contributed by atoms with Crippen LogP contribution in [0.4, 0.5) is 0 Å². The number of benzene rings is 1. The van der Waals surface area contributed by atoms with Crippen molar-refractivity contribution in [2.24, 2.45) is 0 Å². The Morgan fingerprint density at radius 3 is 2.71 bits per heavy atom. The van der Waals surface area contributed by atoms with Crippen LogP contribution in [0.2, 0.25) is 5.02 Å². The van der Waals surface area contributed by atoms with Crippen molar-refractivity contribution in [2.45, 2.75) is 30.4 Å². The molecule has 0 bridgehead atoms. The molecule has 7 heteroatoms. The number of aryl methyl sites for hydroxylation is 1. The minimum absolute atomic E-state index is 0.132. The molecule has 1 aromatic carbocycles. The Labute approximate surface area is 131 Å². The third-order valence-corrected chi connectivity index (χ3v) is 5.95. The lowest BCUT2D eigenvalue weighted by atomic mass is 10.2. The molecule has 1 fully saturated rings. The standard InChI is InChI=1S/C14H21ClN2O3S/c1-10-4-5-11(15)6-14(10)21(19,20)17-9-13(18)7-12(17)8-16(2)3/h4-6,12-13,18H,7-9H2,1-3H3. The smallest absolute Gasteiger partial charge is 0.243 e. The van der Waals surface area contributed by atoms with Gasteiger partial charge in [0.1, 0.15) is 0 Å². The first-order valence-electron chi connectivity index (χ1n) is 6.82. The fourth-order valence-electron chi connectivity index (χ4n) is 2.72. The monoisotopic (exact) mass is 332 g/mol. The SMILES string of the molecule is Cc1ccc(Cl)cc1S(=O)(=O)N1CC(O)CC1CN(C)C. The van der Waals surface area contributed by atoms with Crippen molar-refractivity contribution in [3.8, 4) is 0 Å². The lowest BCUT2D eigenvalue weighted by molar-refractivity contribution is 0.188. The van der Waals surface area contributed by atoms with E-state index >= 15 is 0 Å². The number of sulfonamides is 1. The van der Waals surface area contributed by atoms with Crippen LogP contribution in [-0.4, -0.2) is 62.1 Å². The summed E-state index contributed by atoms with van der Waals surface area (Å²) in [6.45, 7) is 2.46. The molecule has 1 aliphatic heterocycles. The van der Waals surface area contributed by atoms with Crippen molar-refractivity contribution in [1.82, 2.24) is 9.21 Å². The highest BCUT2D eigenvalue weighted by atomic mass is 35.5. The second kappa shape index (κ2) is 6.22. The van der Waals surface area contributed by atoms with Crippen molar-refractivity contribution in [1.29, 1.82) is 0 Å². The maximum absolute atomic E-state index is 12.9. The van der Waals surface area contributed by atoms with Gasteiger partial charge in [0.15, 0.2) is 0 Å². The van der Waals surface area contributed by atoms with Crippen LogP contribution in [-0.2, 0) is 10.0 Å². The van der Waals surface area contributed by atoms with E-state index in [9.17, 15) is 13.5 Å². The highest BCUT2D eigenvalue weighted by molar-refractivity contribution is 7.89. The number of aliphatic hydroxyl groups excluding tert-OH is 1. The first kappa shape index (κ1) is 16.7. The van der Waals surface area contributed by atoms with Crippen LogP contribution < -0.4 is 0 Å². The highest BCUT2D eigenvalue weighted by Gasteiger charge is 2.40. The molecule has 2 unspecified atom stereocenters. The Kier molecular flexibility index (Phi) is 4.95. The van der Waals surface area contributed by atoms with E-state index in [4.69, 9.17) is 11.6 Å². The van der Waals surface area contributed by atoms with Gasteiger partial charge in [-0.25, -0.2) is 8.42 Å². The van der Waals surface area contributed by atoms with Gasteiger partial charge in [-0.15, -0.1) is 0 Å². The number of β-amino-alcohol motifs (C(OH)–C–C–N with tert-alkyl or cyclic N) is 1. The average molecular weight is 333 g/mol. The molecule has 0 aromatic heterocycles. The number of hydrogen-bond donors (Lipinski definition) is 1. The van der Waals surface area contributed by atoms with E-state index in [0.29, 0.717) is 23.6 Å². The zero-order chi connectivity index (χ0) is 15.8. The molecule has 0 aliphatic carbocycles. The van der Waals surface area contributed by atoms with Crippen LogP contribution >= 0.6 is 11.6 Å². The van der Waals surface area contributed by atoms with Gasteiger partial charge in [0.05, 0.1) is 11.0 Å². The first-order chi connectivity index (χ1) is 9.71. The largest absolute Gasteiger partial charge is 0.392 e. The molecule has 5 nitrogen and oxygen atoms in total. The molecular formula is C14H21ClN2O3S. The normalized spacial score (nSPS) is 23.9. The van der Waals surface area contributed by atoms with Crippen LogP contribution in [0, 0.1) is 6.92 Å². The Hall–Kier alpha value is -0.660. The molecule has 0 spiro atoms. The lowest BCUT2D eigenvalue weighted by Crippen LogP contribution is -2.41. The van der Waals surface area contributed by atoms with Gasteiger partial charge < -0.3 is 10.0 Å². The van der Waals surface area contributed by atoms with Gasteiger partial charge in [-0.1, -0.05) is 17.7 Å². The number of rotatable bonds is 4. The van der Waals surface area contributed by atoms with E-state index in [1.54, 1.807) is 19.1 Å². The summed E-state index contributed by atoms with van der Waals surface area (Å²) in [6, 6.07) is 4.62. The fourth-order valence-corrected chi connectivity index (χ4v) is 4.88. The van der Waals surface area contributed by atoms with Crippen molar-refractivity contribution in [3.63, 3.8) is 0 Å². The van der Waals surface area contributed by atoms with E-state index < -0.39 is 16.1 Å². The van der Waals surface area contributed by atoms with Crippen molar-refractivity contribution >= 4 is 21.6 Å². The van der Waals surface area contributed by atoms with E-state index in [1.165, 1.54) is 10.4 Å². The zero-order valence-electron chi connectivity index (χ0n) is 12.5. The first-order valence-corrected chi connectivity index (χ1v) is 8.64. The average Bonchev–Trinajstić information content (AvgIpc) is 2.73. The lowest BCUT2D eigenvalue weighted by Gasteiger charge is -2.26. The predicted octanol–water partition coefficient (Wildman–Crippen LogP) is 1.33. The number of likely N-dealkylation sites (N-methyl/N-ethyl adjacent to an activating group) is 1. The van der Waals surface area contributed by atoms with Crippen LogP contribution in [0.1, 0.15) is 12.0 Å². The molecule has 1 aliphatic rings. The van der Waals surface area contributed by atoms with Gasteiger partial charge in [-0.2, -0.15) is 4.31 Å².